The molecule has 4 aliphatic heterocycles. The highest BCUT2D eigenvalue weighted by molar-refractivity contribution is 6.74. The molecule has 0 saturated carbocycles. The molecule has 0 radical (unpaired) electrons. The fraction of sp³-hybridized carbons (Fsp3) is 0.750. The molecule has 18 nitrogen and oxygen atoms in total. The van der Waals surface area contributed by atoms with Crippen molar-refractivity contribution in [1.82, 2.24) is 33.9 Å². The first-order valence-corrected chi connectivity index (χ1v) is 26.6. The number of H-pyrrole nitrogens is 1. The number of ether oxygens (including phenoxy) is 6. The van der Waals surface area contributed by atoms with Crippen molar-refractivity contribution in [2.75, 3.05) is 27.4 Å². The maximum Gasteiger partial charge on any atom is 0.351 e. The number of aromatic nitrogens is 7. The number of fused-ring (bicyclic) bond motifs is 4. The van der Waals surface area contributed by atoms with Crippen LogP contribution in [0.3, 0.4) is 0 Å². The zero-order valence-electron chi connectivity index (χ0n) is 37.6. The maximum absolute atomic E-state index is 12.9. The zero-order chi connectivity index (χ0) is 44.2. The van der Waals surface area contributed by atoms with E-state index in [2.05, 4.69) is 94.7 Å². The average Bonchev–Trinajstić information content (AvgIpc) is 3.97. The quantitative estimate of drug-likeness (QED) is 0.239. The van der Waals surface area contributed by atoms with Gasteiger partial charge in [0.1, 0.15) is 60.5 Å². The molecule has 0 unspecified atom stereocenters. The van der Waals surface area contributed by atoms with Crippen LogP contribution >= 0.6 is 0 Å². The van der Waals surface area contributed by atoms with Gasteiger partial charge >= 0.3 is 11.4 Å². The summed E-state index contributed by atoms with van der Waals surface area (Å²) in [4.78, 5) is 47.1. The zero-order valence-corrected chi connectivity index (χ0v) is 39.6. The minimum atomic E-state index is -2.14. The summed E-state index contributed by atoms with van der Waals surface area (Å²) in [5.41, 5.74) is -2.82. The van der Waals surface area contributed by atoms with Gasteiger partial charge < -0.3 is 37.3 Å². The molecular weight excluding hydrogens is 811 g/mol. The van der Waals surface area contributed by atoms with Crippen molar-refractivity contribution in [1.29, 1.82) is 0 Å². The van der Waals surface area contributed by atoms with Crippen LogP contribution in [-0.2, 0) is 37.3 Å². The number of hydrogen-bond acceptors (Lipinski definition) is 14. The van der Waals surface area contributed by atoms with Crippen molar-refractivity contribution < 1.29 is 37.3 Å². The van der Waals surface area contributed by atoms with E-state index in [9.17, 15) is 14.4 Å². The normalized spacial score (nSPS) is 31.4. The fourth-order valence-electron chi connectivity index (χ4n) is 8.10. The first kappa shape index (κ1) is 46.3. The van der Waals surface area contributed by atoms with E-state index in [-0.39, 0.29) is 34.5 Å². The van der Waals surface area contributed by atoms with Crippen LogP contribution in [0.2, 0.25) is 36.3 Å². The number of hydrogen-bond donors (Lipinski definition) is 1. The molecule has 7 rings (SSSR count). The second-order valence-electron chi connectivity index (χ2n) is 19.2. The number of nitrogens with one attached hydrogen (secondary N) is 1. The monoisotopic (exact) mass is 875 g/mol. The van der Waals surface area contributed by atoms with Gasteiger partial charge in [-0.1, -0.05) is 55.4 Å². The number of aromatic amines is 1. The lowest BCUT2D eigenvalue weighted by Gasteiger charge is -2.42. The molecule has 60 heavy (non-hydrogen) atoms. The third kappa shape index (κ3) is 8.12. The summed E-state index contributed by atoms with van der Waals surface area (Å²) in [5, 5.41) is 4.07. The van der Waals surface area contributed by atoms with Crippen LogP contribution in [0, 0.1) is 0 Å². The van der Waals surface area contributed by atoms with Gasteiger partial charge in [0.25, 0.3) is 5.56 Å². The van der Waals surface area contributed by atoms with E-state index < -0.39 is 69.4 Å². The van der Waals surface area contributed by atoms with Gasteiger partial charge in [0, 0.05) is 32.7 Å². The SMILES string of the molecule is CC[C@]12O[C@@H](n3ccc(-n4cncn4)nc3=O)[C@H](O[C@@H]1COC)[C@@H]2O[Si](C)(C)C(C)(C)C.CC[C@]12O[C@@H](n3ccc(=O)[nH]c3=O)[C@H](O[C@@H]1COC)[C@@H]2O[Si](C)(C)C(C)(C)C. The van der Waals surface area contributed by atoms with Crippen LogP contribution in [0.1, 0.15) is 80.7 Å². The van der Waals surface area contributed by atoms with Gasteiger partial charge in [0.2, 0.25) is 0 Å². The van der Waals surface area contributed by atoms with Crippen LogP contribution in [0.5, 0.6) is 0 Å². The molecule has 4 saturated heterocycles. The number of rotatable bonds is 13. The molecule has 10 atom stereocenters. The Morgan fingerprint density at radius 1 is 0.767 bits per heavy atom. The summed E-state index contributed by atoms with van der Waals surface area (Å²) in [6, 6.07) is 3.02. The standard InChI is InChI=1S/C21H33N5O5Si.C19H32N2O6Si/c1-8-21-14(11-28-5)29-16(17(21)31-32(6,7)20(2,3)4)18(30-21)25-10-9-15(24-19(25)27)26-13-22-12-23-26;1-8-19-12(11-24-5)25-14(15(19)27-28(6,7)18(2,3)4)16(26-19)21-10-9-13(22)20-17(21)23/h9-10,12-14,16-18H,8,11H2,1-7H3;9-10,12,14-16H,8,11H2,1-7H3,(H,20,22,23)/t14-,16-,17+,18-,21+;12-,14-,15+,16-,19+/m11/s1. The Balaban J connectivity index is 0.000000203. The highest BCUT2D eigenvalue weighted by atomic mass is 28.4. The summed E-state index contributed by atoms with van der Waals surface area (Å²) in [5.74, 6) is 0.393. The smallest absolute Gasteiger partial charge is 0.351 e. The Morgan fingerprint density at radius 3 is 1.65 bits per heavy atom. The molecule has 0 aromatic carbocycles. The van der Waals surface area contributed by atoms with Crippen LogP contribution in [0.15, 0.2) is 51.6 Å². The van der Waals surface area contributed by atoms with Crippen molar-refractivity contribution in [3.05, 3.63) is 68.5 Å². The van der Waals surface area contributed by atoms with E-state index in [1.54, 1.807) is 26.5 Å². The highest BCUT2D eigenvalue weighted by Crippen LogP contribution is 2.55. The van der Waals surface area contributed by atoms with Gasteiger partial charge in [0.05, 0.1) is 13.2 Å². The van der Waals surface area contributed by atoms with Crippen LogP contribution in [0.4, 0.5) is 0 Å². The van der Waals surface area contributed by atoms with Crippen LogP contribution in [-0.4, -0.2) is 126 Å². The van der Waals surface area contributed by atoms with Gasteiger partial charge in [0.15, 0.2) is 34.9 Å². The Labute approximate surface area is 353 Å². The first-order valence-electron chi connectivity index (χ1n) is 20.8. The summed E-state index contributed by atoms with van der Waals surface area (Å²) >= 11 is 0. The number of methoxy groups -OCH3 is 2. The van der Waals surface area contributed by atoms with E-state index in [0.717, 1.165) is 0 Å². The van der Waals surface area contributed by atoms with Crippen LogP contribution < -0.4 is 16.9 Å². The lowest BCUT2D eigenvalue weighted by molar-refractivity contribution is -0.223. The number of nitrogens with zero attached hydrogens (tertiary/aromatic N) is 6. The Bertz CT molecular complexity index is 2130. The topological polar surface area (TPSA) is 194 Å². The Kier molecular flexibility index (Phi) is 13.0. The third-order valence-corrected chi connectivity index (χ3v) is 22.5. The van der Waals surface area contributed by atoms with E-state index in [1.165, 1.54) is 38.7 Å². The summed E-state index contributed by atoms with van der Waals surface area (Å²) < 4.78 is 54.6. The minimum Gasteiger partial charge on any atom is -0.408 e. The molecule has 20 heteroatoms. The van der Waals surface area contributed by atoms with Gasteiger partial charge in [-0.3, -0.25) is 18.9 Å². The molecule has 334 valence electrons. The molecule has 0 spiro atoms. The molecule has 3 aromatic heterocycles. The summed E-state index contributed by atoms with van der Waals surface area (Å²) in [7, 11) is -0.988. The second-order valence-corrected chi connectivity index (χ2v) is 28.7. The fourth-order valence-corrected chi connectivity index (χ4v) is 10.7. The first-order chi connectivity index (χ1) is 28.0. The molecule has 0 aliphatic carbocycles. The average molecular weight is 876 g/mol. The predicted molar refractivity (Wildman–Crippen MR) is 226 cm³/mol. The highest BCUT2D eigenvalue weighted by Gasteiger charge is 2.69. The van der Waals surface area contributed by atoms with E-state index in [0.29, 0.717) is 31.9 Å². The van der Waals surface area contributed by atoms with Gasteiger partial charge in [-0.05, 0) is 55.2 Å². The lowest BCUT2D eigenvalue weighted by atomic mass is 9.90. The molecule has 0 amide bonds. The van der Waals surface area contributed by atoms with Crippen molar-refractivity contribution in [3.8, 4) is 5.82 Å². The summed E-state index contributed by atoms with van der Waals surface area (Å²) in [6.07, 6.45) is 3.96. The predicted octanol–water partition coefficient (Wildman–Crippen LogP) is 4.32. The van der Waals surface area contributed by atoms with E-state index in [4.69, 9.17) is 37.3 Å². The van der Waals surface area contributed by atoms with Gasteiger partial charge in [-0.2, -0.15) is 10.1 Å². The molecule has 4 bridgehead atoms. The molecular formula is C40H65N7O11Si2. The Hall–Kier alpha value is -3.19. The minimum absolute atomic E-state index is 0.0189. The van der Waals surface area contributed by atoms with Crippen LogP contribution in [0.25, 0.3) is 5.82 Å². The second kappa shape index (κ2) is 16.8. The van der Waals surface area contributed by atoms with Crippen molar-refractivity contribution in [2.24, 2.45) is 0 Å². The van der Waals surface area contributed by atoms with E-state index >= 15 is 0 Å². The molecule has 4 aliphatic rings. The van der Waals surface area contributed by atoms with E-state index in [1.807, 2.05) is 6.92 Å². The molecule has 3 aromatic rings. The molecule has 7 heterocycles. The van der Waals surface area contributed by atoms with Crippen molar-refractivity contribution >= 4 is 16.6 Å². The largest absolute Gasteiger partial charge is 0.408 e. The third-order valence-electron chi connectivity index (χ3n) is 13.6. The van der Waals surface area contributed by atoms with Gasteiger partial charge in [-0.25, -0.2) is 19.3 Å². The maximum atomic E-state index is 12.9. The van der Waals surface area contributed by atoms with Crippen molar-refractivity contribution in [3.63, 3.8) is 0 Å². The lowest BCUT2D eigenvalue weighted by Crippen LogP contribution is -2.54. The van der Waals surface area contributed by atoms with Gasteiger partial charge in [-0.15, -0.1) is 0 Å². The van der Waals surface area contributed by atoms with Crippen molar-refractivity contribution in [2.45, 2.75) is 165 Å². The summed E-state index contributed by atoms with van der Waals surface area (Å²) in [6.45, 7) is 26.9. The molecule has 1 N–H and O–H groups in total. The Morgan fingerprint density at radius 2 is 1.25 bits per heavy atom. The molecule has 4 fully saturated rings.